The van der Waals surface area contributed by atoms with Gasteiger partial charge in [-0.1, -0.05) is 6.07 Å². The number of nitrogens with zero attached hydrogens (tertiary/aromatic N) is 2. The van der Waals surface area contributed by atoms with Gasteiger partial charge in [0.15, 0.2) is 11.9 Å². The Bertz CT molecular complexity index is 1050. The number of rotatable bonds is 7. The number of carboxylic acids is 1. The summed E-state index contributed by atoms with van der Waals surface area (Å²) in [5.41, 5.74) is 1.67. The van der Waals surface area contributed by atoms with Crippen LogP contribution in [-0.4, -0.2) is 47.0 Å². The number of aromatic nitrogens is 1. The number of carbonyl (C=O) groups excluding carboxylic acids is 2. The monoisotopic (exact) mass is 422 g/mol. The quantitative estimate of drug-likeness (QED) is 0.683. The first-order valence-electron chi connectivity index (χ1n) is 10.5. The summed E-state index contributed by atoms with van der Waals surface area (Å²) in [7, 11) is 0. The van der Waals surface area contributed by atoms with Crippen molar-refractivity contribution < 1.29 is 29.0 Å². The van der Waals surface area contributed by atoms with Crippen molar-refractivity contribution >= 4 is 23.3 Å². The van der Waals surface area contributed by atoms with E-state index in [9.17, 15) is 19.5 Å². The van der Waals surface area contributed by atoms with Crippen LogP contribution in [-0.2, 0) is 16.0 Å². The molecule has 8 nitrogen and oxygen atoms in total. The first kappa shape index (κ1) is 19.5. The van der Waals surface area contributed by atoms with E-state index in [0.29, 0.717) is 53.9 Å². The Morgan fingerprint density at radius 3 is 2.71 bits per heavy atom. The second-order valence-corrected chi connectivity index (χ2v) is 8.27. The van der Waals surface area contributed by atoms with Gasteiger partial charge < -0.3 is 19.5 Å². The molecule has 1 saturated carbocycles. The van der Waals surface area contributed by atoms with Gasteiger partial charge in [0.1, 0.15) is 11.7 Å². The van der Waals surface area contributed by atoms with Gasteiger partial charge >= 0.3 is 5.97 Å². The topological polar surface area (TPSA) is 106 Å². The molecule has 3 aliphatic rings. The van der Waals surface area contributed by atoms with Crippen molar-refractivity contribution in [3.63, 3.8) is 0 Å². The number of carbonyl (C=O) groups is 3. The van der Waals surface area contributed by atoms with E-state index in [1.165, 1.54) is 12.8 Å². The Morgan fingerprint density at radius 2 is 2.00 bits per heavy atom. The fraction of sp³-hybridized carbons (Fsp3) is 0.391. The Balaban J connectivity index is 1.24. The highest BCUT2D eigenvalue weighted by atomic mass is 16.5. The lowest BCUT2D eigenvalue weighted by molar-refractivity contribution is -0.139. The van der Waals surface area contributed by atoms with Gasteiger partial charge in [0.2, 0.25) is 5.88 Å². The molecule has 1 unspecified atom stereocenters. The predicted molar refractivity (Wildman–Crippen MR) is 109 cm³/mol. The smallest absolute Gasteiger partial charge is 0.314 e. The minimum absolute atomic E-state index is 0.191. The number of amides is 1. The maximum atomic E-state index is 12.9. The molecule has 1 aliphatic heterocycles. The van der Waals surface area contributed by atoms with E-state index in [4.69, 9.17) is 9.47 Å². The number of hydrogen-bond donors (Lipinski definition) is 1. The number of ether oxygens (including phenoxy) is 2. The van der Waals surface area contributed by atoms with Gasteiger partial charge in [0.25, 0.3) is 5.91 Å². The molecule has 31 heavy (non-hydrogen) atoms. The molecule has 0 spiro atoms. The highest BCUT2D eigenvalue weighted by Gasteiger charge is 2.38. The molecule has 0 radical (unpaired) electrons. The first-order valence-corrected chi connectivity index (χ1v) is 10.5. The molecular weight excluding hydrogens is 400 g/mol. The third-order valence-corrected chi connectivity index (χ3v) is 6.02. The van der Waals surface area contributed by atoms with E-state index in [-0.39, 0.29) is 12.3 Å². The standard InChI is InChI=1S/C23H22N2O6/c26-21-17-10-15(4-3-14(17)9-18(21)23(28)29)25-8-7-19(22(25)27)31-16-5-6-20(24-11-16)30-12-13-1-2-13/h3-6,10-11,13,18-19H,1-2,7-9,12H2,(H,28,29)/t18?,19-/m1/s1. The van der Waals surface area contributed by atoms with Crippen molar-refractivity contribution in [3.8, 4) is 11.6 Å². The van der Waals surface area contributed by atoms with Crippen LogP contribution in [0.25, 0.3) is 0 Å². The van der Waals surface area contributed by atoms with Crippen LogP contribution < -0.4 is 14.4 Å². The van der Waals surface area contributed by atoms with E-state index >= 15 is 0 Å². The summed E-state index contributed by atoms with van der Waals surface area (Å²) in [5.74, 6) is -1.09. The summed E-state index contributed by atoms with van der Waals surface area (Å²) in [6, 6.07) is 8.58. The average Bonchev–Trinajstić information content (AvgIpc) is 3.45. The Labute approximate surface area is 178 Å². The van der Waals surface area contributed by atoms with Crippen molar-refractivity contribution in [3.05, 3.63) is 47.7 Å². The molecule has 2 atom stereocenters. The Kier molecular flexibility index (Phi) is 4.84. The maximum absolute atomic E-state index is 12.9. The van der Waals surface area contributed by atoms with E-state index in [0.717, 1.165) is 0 Å². The molecule has 2 aliphatic carbocycles. The predicted octanol–water partition coefficient (Wildman–Crippen LogP) is 2.49. The van der Waals surface area contributed by atoms with Gasteiger partial charge in [-0.2, -0.15) is 0 Å². The summed E-state index contributed by atoms with van der Waals surface area (Å²) in [4.78, 5) is 42.3. The third-order valence-electron chi connectivity index (χ3n) is 6.02. The molecule has 1 N–H and O–H groups in total. The molecule has 2 fully saturated rings. The second-order valence-electron chi connectivity index (χ2n) is 8.27. The molecule has 2 aromatic rings. The van der Waals surface area contributed by atoms with Crippen molar-refractivity contribution in [1.82, 2.24) is 4.98 Å². The molecule has 8 heteroatoms. The number of carboxylic acid groups (broad SMARTS) is 1. The van der Waals surface area contributed by atoms with E-state index in [1.54, 1.807) is 41.4 Å². The number of hydrogen-bond acceptors (Lipinski definition) is 6. The Morgan fingerprint density at radius 1 is 1.16 bits per heavy atom. The average molecular weight is 422 g/mol. The number of ketones is 1. The van der Waals surface area contributed by atoms with Crippen LogP contribution in [0, 0.1) is 11.8 Å². The second kappa shape index (κ2) is 7.68. The summed E-state index contributed by atoms with van der Waals surface area (Å²) in [6.07, 6.45) is 4.02. The molecule has 2 heterocycles. The van der Waals surface area contributed by atoms with Crippen LogP contribution in [0.3, 0.4) is 0 Å². The Hall–Kier alpha value is -3.42. The van der Waals surface area contributed by atoms with Gasteiger partial charge in [-0.25, -0.2) is 4.98 Å². The molecular formula is C23H22N2O6. The van der Waals surface area contributed by atoms with E-state index < -0.39 is 23.8 Å². The van der Waals surface area contributed by atoms with Gasteiger partial charge in [-0.3, -0.25) is 14.4 Å². The van der Waals surface area contributed by atoms with Crippen molar-refractivity contribution in [1.29, 1.82) is 0 Å². The van der Waals surface area contributed by atoms with Gasteiger partial charge in [-0.15, -0.1) is 0 Å². The van der Waals surface area contributed by atoms with Gasteiger partial charge in [-0.05, 0) is 48.9 Å². The number of benzene rings is 1. The lowest BCUT2D eigenvalue weighted by Crippen LogP contribution is -2.32. The van der Waals surface area contributed by atoms with E-state index in [2.05, 4.69) is 4.98 Å². The summed E-state index contributed by atoms with van der Waals surface area (Å²) >= 11 is 0. The minimum atomic E-state index is -1.12. The fourth-order valence-electron chi connectivity index (χ4n) is 4.03. The van der Waals surface area contributed by atoms with Crippen molar-refractivity contribution in [2.75, 3.05) is 18.1 Å². The van der Waals surface area contributed by atoms with Crippen LogP contribution >= 0.6 is 0 Å². The summed E-state index contributed by atoms with van der Waals surface area (Å²) in [5, 5.41) is 9.21. The first-order chi connectivity index (χ1) is 15.0. The van der Waals surface area contributed by atoms with Gasteiger partial charge in [0.05, 0.1) is 12.8 Å². The lowest BCUT2D eigenvalue weighted by Gasteiger charge is -2.18. The van der Waals surface area contributed by atoms with Crippen molar-refractivity contribution in [2.45, 2.75) is 31.8 Å². The number of fused-ring (bicyclic) bond motifs is 1. The summed E-state index contributed by atoms with van der Waals surface area (Å²) in [6.45, 7) is 1.13. The highest BCUT2D eigenvalue weighted by molar-refractivity contribution is 6.12. The number of aliphatic carboxylic acids is 1. The molecule has 1 saturated heterocycles. The number of Topliss-reactive ketones (excluding diaryl/α,β-unsaturated/α-hetero) is 1. The highest BCUT2D eigenvalue weighted by Crippen LogP contribution is 2.33. The fourth-order valence-corrected chi connectivity index (χ4v) is 4.03. The molecule has 1 aromatic heterocycles. The normalized spacial score (nSPS) is 22.5. The molecule has 1 aromatic carbocycles. The van der Waals surface area contributed by atoms with Crippen LogP contribution in [0.4, 0.5) is 5.69 Å². The lowest BCUT2D eigenvalue weighted by atomic mass is 10.1. The van der Waals surface area contributed by atoms with Crippen LogP contribution in [0.2, 0.25) is 0 Å². The van der Waals surface area contributed by atoms with Gasteiger partial charge in [0, 0.05) is 30.3 Å². The van der Waals surface area contributed by atoms with Crippen LogP contribution in [0.15, 0.2) is 36.5 Å². The van der Waals surface area contributed by atoms with Crippen molar-refractivity contribution in [2.24, 2.45) is 11.8 Å². The summed E-state index contributed by atoms with van der Waals surface area (Å²) < 4.78 is 11.5. The molecule has 1 amide bonds. The number of anilines is 1. The molecule has 160 valence electrons. The molecule has 0 bridgehead atoms. The number of pyridine rings is 1. The largest absolute Gasteiger partial charge is 0.481 e. The minimum Gasteiger partial charge on any atom is -0.481 e. The zero-order chi connectivity index (χ0) is 21.5. The SMILES string of the molecule is O=C(O)C1Cc2ccc(N3CC[C@@H](Oc4ccc(OCC5CC5)nc4)C3=O)cc2C1=O. The maximum Gasteiger partial charge on any atom is 0.314 e. The van der Waals surface area contributed by atoms with Crippen LogP contribution in [0.5, 0.6) is 11.6 Å². The third kappa shape index (κ3) is 3.85. The van der Waals surface area contributed by atoms with E-state index in [1.807, 2.05) is 0 Å². The van der Waals surface area contributed by atoms with Crippen LogP contribution in [0.1, 0.15) is 35.2 Å². The zero-order valence-electron chi connectivity index (χ0n) is 16.8. The molecule has 5 rings (SSSR count). The zero-order valence-corrected chi connectivity index (χ0v) is 16.8.